The first-order valence-corrected chi connectivity index (χ1v) is 6.44. The molecule has 0 aliphatic heterocycles. The lowest BCUT2D eigenvalue weighted by Crippen LogP contribution is -2.34. The number of hydrogen-bond donors (Lipinski definition) is 1. The number of primary amides is 1. The Morgan fingerprint density at radius 3 is 2.46 bits per heavy atom. The number of rotatable bonds is 3. The standard InChI is InChI=1S/C15H9F4N3O2/c16-11-3-1-8(6-20)5-9(11)7-22-12(15(17,18)19)4-2-10(13(21)23)14(22)24/h1-5H,7H2,(H2,21,23). The van der Waals surface area contributed by atoms with Crippen LogP contribution >= 0.6 is 0 Å². The van der Waals surface area contributed by atoms with Crippen molar-refractivity contribution in [2.24, 2.45) is 5.73 Å². The quantitative estimate of drug-likeness (QED) is 0.868. The van der Waals surface area contributed by atoms with Crippen molar-refractivity contribution in [3.05, 3.63) is 68.9 Å². The highest BCUT2D eigenvalue weighted by atomic mass is 19.4. The number of aromatic nitrogens is 1. The van der Waals surface area contributed by atoms with Crippen LogP contribution in [-0.4, -0.2) is 10.5 Å². The van der Waals surface area contributed by atoms with Crippen LogP contribution in [0.4, 0.5) is 17.6 Å². The zero-order chi connectivity index (χ0) is 18.1. The highest BCUT2D eigenvalue weighted by Gasteiger charge is 2.35. The van der Waals surface area contributed by atoms with Gasteiger partial charge in [-0.2, -0.15) is 18.4 Å². The number of carbonyl (C=O) groups is 1. The van der Waals surface area contributed by atoms with Crippen molar-refractivity contribution in [2.45, 2.75) is 12.7 Å². The molecule has 0 radical (unpaired) electrons. The summed E-state index contributed by atoms with van der Waals surface area (Å²) in [5, 5.41) is 8.79. The monoisotopic (exact) mass is 339 g/mol. The van der Waals surface area contributed by atoms with Crippen molar-refractivity contribution < 1.29 is 22.4 Å². The van der Waals surface area contributed by atoms with Gasteiger partial charge in [0.2, 0.25) is 0 Å². The van der Waals surface area contributed by atoms with Crippen molar-refractivity contribution in [3.63, 3.8) is 0 Å². The van der Waals surface area contributed by atoms with E-state index >= 15 is 0 Å². The molecule has 24 heavy (non-hydrogen) atoms. The Morgan fingerprint density at radius 2 is 1.92 bits per heavy atom. The fourth-order valence-electron chi connectivity index (χ4n) is 2.11. The number of nitrogens with two attached hydrogens (primary N) is 1. The predicted octanol–water partition coefficient (Wildman–Crippen LogP) is 2.03. The molecule has 0 saturated heterocycles. The van der Waals surface area contributed by atoms with Crippen molar-refractivity contribution in [1.82, 2.24) is 4.57 Å². The number of benzene rings is 1. The molecule has 2 aromatic rings. The van der Waals surface area contributed by atoms with E-state index in [1.165, 1.54) is 0 Å². The second kappa shape index (κ2) is 6.16. The maximum absolute atomic E-state index is 13.8. The van der Waals surface area contributed by atoms with Gasteiger partial charge in [-0.25, -0.2) is 4.39 Å². The summed E-state index contributed by atoms with van der Waals surface area (Å²) in [4.78, 5) is 23.3. The van der Waals surface area contributed by atoms with Gasteiger partial charge >= 0.3 is 6.18 Å². The SMILES string of the molecule is N#Cc1ccc(F)c(Cn2c(C(F)(F)F)ccc(C(N)=O)c2=O)c1. The molecule has 5 nitrogen and oxygen atoms in total. The van der Waals surface area contributed by atoms with Crippen LogP contribution in [0, 0.1) is 17.1 Å². The molecule has 0 fully saturated rings. The largest absolute Gasteiger partial charge is 0.431 e. The van der Waals surface area contributed by atoms with E-state index < -0.39 is 41.3 Å². The van der Waals surface area contributed by atoms with Gasteiger partial charge in [0, 0.05) is 5.56 Å². The van der Waals surface area contributed by atoms with Gasteiger partial charge in [-0.05, 0) is 30.3 Å². The van der Waals surface area contributed by atoms with Crippen LogP contribution in [0.2, 0.25) is 0 Å². The topological polar surface area (TPSA) is 88.9 Å². The van der Waals surface area contributed by atoms with Crippen LogP contribution in [0.3, 0.4) is 0 Å². The fraction of sp³-hybridized carbons (Fsp3) is 0.133. The van der Waals surface area contributed by atoms with E-state index in [-0.39, 0.29) is 15.7 Å². The molecule has 0 aliphatic carbocycles. The summed E-state index contributed by atoms with van der Waals surface area (Å²) in [7, 11) is 0. The summed E-state index contributed by atoms with van der Waals surface area (Å²) in [6.45, 7) is -0.809. The van der Waals surface area contributed by atoms with Gasteiger partial charge in [0.15, 0.2) is 0 Å². The van der Waals surface area contributed by atoms with Gasteiger partial charge in [0.25, 0.3) is 11.5 Å². The van der Waals surface area contributed by atoms with Gasteiger partial charge < -0.3 is 5.73 Å². The number of nitrogens with zero attached hydrogens (tertiary/aromatic N) is 2. The summed E-state index contributed by atoms with van der Waals surface area (Å²) in [6, 6.07) is 5.99. The number of carbonyl (C=O) groups excluding carboxylic acids is 1. The second-order valence-electron chi connectivity index (χ2n) is 4.80. The Bertz CT molecular complexity index is 910. The van der Waals surface area contributed by atoms with Crippen LogP contribution in [0.15, 0.2) is 35.1 Å². The lowest BCUT2D eigenvalue weighted by Gasteiger charge is -2.16. The molecule has 124 valence electrons. The molecule has 0 saturated carbocycles. The lowest BCUT2D eigenvalue weighted by molar-refractivity contribution is -0.144. The summed E-state index contributed by atoms with van der Waals surface area (Å²) in [5.41, 5.74) is 1.36. The van der Waals surface area contributed by atoms with Crippen LogP contribution in [-0.2, 0) is 12.7 Å². The van der Waals surface area contributed by atoms with E-state index in [2.05, 4.69) is 0 Å². The lowest BCUT2D eigenvalue weighted by atomic mass is 10.1. The number of hydrogen-bond acceptors (Lipinski definition) is 3. The molecule has 0 aliphatic rings. The average molecular weight is 339 g/mol. The first-order chi connectivity index (χ1) is 11.1. The summed E-state index contributed by atoms with van der Waals surface area (Å²) in [5.74, 6) is -2.09. The van der Waals surface area contributed by atoms with Crippen molar-refractivity contribution >= 4 is 5.91 Å². The van der Waals surface area contributed by atoms with Crippen molar-refractivity contribution in [3.8, 4) is 6.07 Å². The highest BCUT2D eigenvalue weighted by molar-refractivity contribution is 5.92. The normalized spacial score (nSPS) is 11.1. The van der Waals surface area contributed by atoms with E-state index in [1.54, 1.807) is 6.07 Å². The van der Waals surface area contributed by atoms with Crippen LogP contribution in [0.25, 0.3) is 0 Å². The third-order valence-electron chi connectivity index (χ3n) is 3.23. The Morgan fingerprint density at radius 1 is 1.25 bits per heavy atom. The summed E-state index contributed by atoms with van der Waals surface area (Å²) >= 11 is 0. The first kappa shape index (κ1) is 17.2. The first-order valence-electron chi connectivity index (χ1n) is 6.44. The Balaban J connectivity index is 2.69. The Hall–Kier alpha value is -3.15. The van der Waals surface area contributed by atoms with Crippen LogP contribution in [0.5, 0.6) is 0 Å². The number of pyridine rings is 1. The number of halogens is 4. The third kappa shape index (κ3) is 3.27. The van der Waals surface area contributed by atoms with Crippen molar-refractivity contribution in [1.29, 1.82) is 5.26 Å². The molecule has 1 aromatic carbocycles. The average Bonchev–Trinajstić information content (AvgIpc) is 2.49. The van der Waals surface area contributed by atoms with Crippen LogP contribution < -0.4 is 11.3 Å². The minimum Gasteiger partial charge on any atom is -0.365 e. The molecule has 0 bridgehead atoms. The molecule has 2 N–H and O–H groups in total. The van der Waals surface area contributed by atoms with Crippen molar-refractivity contribution in [2.75, 3.05) is 0 Å². The molecular weight excluding hydrogens is 330 g/mol. The molecule has 0 atom stereocenters. The second-order valence-corrected chi connectivity index (χ2v) is 4.80. The highest BCUT2D eigenvalue weighted by Crippen LogP contribution is 2.29. The predicted molar refractivity (Wildman–Crippen MR) is 74.4 cm³/mol. The molecule has 2 rings (SSSR count). The molecule has 0 spiro atoms. The molecule has 1 aromatic heterocycles. The molecule has 1 amide bonds. The van der Waals surface area contributed by atoms with E-state index in [9.17, 15) is 27.2 Å². The van der Waals surface area contributed by atoms with Gasteiger partial charge in [-0.1, -0.05) is 0 Å². The van der Waals surface area contributed by atoms with E-state index in [0.29, 0.717) is 12.1 Å². The Kier molecular flexibility index (Phi) is 4.41. The summed E-state index contributed by atoms with van der Waals surface area (Å²) in [6.07, 6.45) is -4.90. The van der Waals surface area contributed by atoms with Gasteiger partial charge in [0.1, 0.15) is 17.1 Å². The van der Waals surface area contributed by atoms with Gasteiger partial charge in [-0.3, -0.25) is 14.2 Å². The molecular formula is C15H9F4N3O2. The zero-order valence-electron chi connectivity index (χ0n) is 11.9. The van der Waals surface area contributed by atoms with Gasteiger partial charge in [0.05, 0.1) is 18.2 Å². The molecule has 0 unspecified atom stereocenters. The molecule has 1 heterocycles. The fourth-order valence-corrected chi connectivity index (χ4v) is 2.11. The van der Waals surface area contributed by atoms with Crippen LogP contribution in [0.1, 0.15) is 27.2 Å². The minimum atomic E-state index is -4.90. The van der Waals surface area contributed by atoms with E-state index in [0.717, 1.165) is 18.2 Å². The molecule has 9 heteroatoms. The zero-order valence-corrected chi connectivity index (χ0v) is 11.9. The minimum absolute atomic E-state index is 0.0130. The number of nitriles is 1. The van der Waals surface area contributed by atoms with Gasteiger partial charge in [-0.15, -0.1) is 0 Å². The number of amides is 1. The van der Waals surface area contributed by atoms with E-state index in [4.69, 9.17) is 11.0 Å². The maximum atomic E-state index is 13.8. The summed E-state index contributed by atoms with van der Waals surface area (Å²) < 4.78 is 53.3. The smallest absolute Gasteiger partial charge is 0.365 e. The Labute approximate surface area is 132 Å². The van der Waals surface area contributed by atoms with E-state index in [1.807, 2.05) is 0 Å². The maximum Gasteiger partial charge on any atom is 0.431 e. The number of alkyl halides is 3. The third-order valence-corrected chi connectivity index (χ3v) is 3.23.